The first-order chi connectivity index (χ1) is 10.6. The van der Waals surface area contributed by atoms with Gasteiger partial charge >= 0.3 is 0 Å². The van der Waals surface area contributed by atoms with Crippen LogP contribution in [0.3, 0.4) is 0 Å². The van der Waals surface area contributed by atoms with Crippen molar-refractivity contribution in [1.29, 1.82) is 0 Å². The number of carbonyl (C=O) groups is 1. The van der Waals surface area contributed by atoms with Crippen LogP contribution in [0.25, 0.3) is 0 Å². The van der Waals surface area contributed by atoms with Gasteiger partial charge in [0.05, 0.1) is 6.61 Å². The Balaban J connectivity index is 2.82. The van der Waals surface area contributed by atoms with E-state index >= 15 is 0 Å². The van der Waals surface area contributed by atoms with Gasteiger partial charge in [0.25, 0.3) is 0 Å². The third-order valence-electron chi connectivity index (χ3n) is 3.77. The maximum atomic E-state index is 12.2. The summed E-state index contributed by atoms with van der Waals surface area (Å²) in [4.78, 5) is 12.2. The minimum Gasteiger partial charge on any atom is -0.507 e. The minimum absolute atomic E-state index is 0.0436. The number of ether oxygens (including phenoxy) is 1. The lowest BCUT2D eigenvalue weighted by atomic mass is 9.99. The second kappa shape index (κ2) is 10.3. The first-order valence-corrected chi connectivity index (χ1v) is 8.65. The molecule has 1 aromatic carbocycles. The number of benzene rings is 1. The molecule has 3 heteroatoms. The van der Waals surface area contributed by atoms with Crippen molar-refractivity contribution in [3.63, 3.8) is 0 Å². The molecule has 0 heterocycles. The predicted octanol–water partition coefficient (Wildman–Crippen LogP) is 5.29. The smallest absolute Gasteiger partial charge is 0.170 e. The second-order valence-corrected chi connectivity index (χ2v) is 5.76. The fourth-order valence-electron chi connectivity index (χ4n) is 2.63. The first kappa shape index (κ1) is 18.5. The molecule has 0 aliphatic heterocycles. The van der Waals surface area contributed by atoms with Crippen LogP contribution in [0.2, 0.25) is 0 Å². The van der Waals surface area contributed by atoms with E-state index in [0.29, 0.717) is 24.3 Å². The van der Waals surface area contributed by atoms with Crippen LogP contribution in [0.4, 0.5) is 0 Å². The Labute approximate surface area is 134 Å². The van der Waals surface area contributed by atoms with E-state index in [9.17, 15) is 9.90 Å². The van der Waals surface area contributed by atoms with E-state index in [1.807, 2.05) is 19.9 Å². The van der Waals surface area contributed by atoms with Gasteiger partial charge in [0, 0.05) is 6.42 Å². The monoisotopic (exact) mass is 306 g/mol. The van der Waals surface area contributed by atoms with E-state index in [1.165, 1.54) is 25.7 Å². The van der Waals surface area contributed by atoms with Crippen LogP contribution in [0.15, 0.2) is 12.1 Å². The van der Waals surface area contributed by atoms with Crippen molar-refractivity contribution >= 4 is 5.78 Å². The molecule has 0 bridgehead atoms. The van der Waals surface area contributed by atoms with Crippen molar-refractivity contribution in [3.8, 4) is 11.5 Å². The van der Waals surface area contributed by atoms with Crippen LogP contribution in [0.5, 0.6) is 11.5 Å². The van der Waals surface area contributed by atoms with Crippen LogP contribution in [-0.2, 0) is 6.42 Å². The number of Topliss-reactive ketones (excluding diaryl/α,β-unsaturated/α-hetero) is 1. The maximum Gasteiger partial charge on any atom is 0.170 e. The molecule has 0 fully saturated rings. The SMILES string of the molecule is CCCCCCCc1cc(O)c(C(=O)CCC)c(OCC)c1. The molecule has 0 aliphatic carbocycles. The molecule has 1 N–H and O–H groups in total. The zero-order valence-electron chi connectivity index (χ0n) is 14.3. The second-order valence-electron chi connectivity index (χ2n) is 5.76. The third-order valence-corrected chi connectivity index (χ3v) is 3.77. The van der Waals surface area contributed by atoms with Crippen molar-refractivity contribution in [2.24, 2.45) is 0 Å². The Kier molecular flexibility index (Phi) is 8.64. The zero-order chi connectivity index (χ0) is 16.4. The van der Waals surface area contributed by atoms with Gasteiger partial charge in [-0.25, -0.2) is 0 Å². The predicted molar refractivity (Wildman–Crippen MR) is 91.0 cm³/mol. The fraction of sp³-hybridized carbons (Fsp3) is 0.632. The van der Waals surface area contributed by atoms with Gasteiger partial charge < -0.3 is 9.84 Å². The Morgan fingerprint density at radius 1 is 1.05 bits per heavy atom. The molecule has 0 aliphatic rings. The molecule has 0 saturated heterocycles. The summed E-state index contributed by atoms with van der Waals surface area (Å²) in [5, 5.41) is 10.2. The average molecular weight is 306 g/mol. The molecule has 0 amide bonds. The molecule has 0 aromatic heterocycles. The van der Waals surface area contributed by atoms with Gasteiger partial charge in [-0.15, -0.1) is 0 Å². The Hall–Kier alpha value is -1.51. The average Bonchev–Trinajstić information content (AvgIpc) is 2.47. The van der Waals surface area contributed by atoms with Crippen LogP contribution in [0, 0.1) is 0 Å². The molecule has 3 nitrogen and oxygen atoms in total. The number of ketones is 1. The minimum atomic E-state index is -0.0436. The molecule has 0 unspecified atom stereocenters. The van der Waals surface area contributed by atoms with E-state index in [1.54, 1.807) is 6.07 Å². The van der Waals surface area contributed by atoms with Crippen molar-refractivity contribution in [2.75, 3.05) is 6.61 Å². The van der Waals surface area contributed by atoms with Crippen LogP contribution in [0.1, 0.15) is 81.6 Å². The number of hydrogen-bond acceptors (Lipinski definition) is 3. The van der Waals surface area contributed by atoms with E-state index in [4.69, 9.17) is 4.74 Å². The zero-order valence-corrected chi connectivity index (χ0v) is 14.3. The maximum absolute atomic E-state index is 12.2. The molecular formula is C19H30O3. The number of hydrogen-bond donors (Lipinski definition) is 1. The highest BCUT2D eigenvalue weighted by Crippen LogP contribution is 2.32. The summed E-state index contributed by atoms with van der Waals surface area (Å²) in [7, 11) is 0. The Bertz CT molecular complexity index is 466. The van der Waals surface area contributed by atoms with Gasteiger partial charge in [-0.2, -0.15) is 0 Å². The molecule has 124 valence electrons. The largest absolute Gasteiger partial charge is 0.507 e. The number of phenols is 1. The molecule has 1 aromatic rings. The van der Waals surface area contributed by atoms with Gasteiger partial charge in [-0.1, -0.05) is 39.5 Å². The highest BCUT2D eigenvalue weighted by molar-refractivity contribution is 6.01. The lowest BCUT2D eigenvalue weighted by Crippen LogP contribution is -2.05. The number of aryl methyl sites for hydroxylation is 1. The van der Waals surface area contributed by atoms with Gasteiger partial charge in [0.2, 0.25) is 0 Å². The normalized spacial score (nSPS) is 10.7. The molecule has 0 spiro atoms. The Morgan fingerprint density at radius 3 is 2.41 bits per heavy atom. The summed E-state index contributed by atoms with van der Waals surface area (Å²) in [5.41, 5.74) is 1.39. The molecule has 0 radical (unpaired) electrons. The van der Waals surface area contributed by atoms with Crippen LogP contribution >= 0.6 is 0 Å². The van der Waals surface area contributed by atoms with Gasteiger partial charge in [0.15, 0.2) is 5.78 Å². The van der Waals surface area contributed by atoms with E-state index in [2.05, 4.69) is 6.92 Å². The van der Waals surface area contributed by atoms with Crippen molar-refractivity contribution in [1.82, 2.24) is 0 Å². The Morgan fingerprint density at radius 2 is 1.77 bits per heavy atom. The van der Waals surface area contributed by atoms with Gasteiger partial charge in [0.1, 0.15) is 17.1 Å². The summed E-state index contributed by atoms with van der Waals surface area (Å²) in [6, 6.07) is 3.65. The highest BCUT2D eigenvalue weighted by atomic mass is 16.5. The molecule has 0 atom stereocenters. The topological polar surface area (TPSA) is 46.5 Å². The van der Waals surface area contributed by atoms with Gasteiger partial charge in [-0.05, 0) is 43.9 Å². The number of unbranched alkanes of at least 4 members (excludes halogenated alkanes) is 4. The van der Waals surface area contributed by atoms with Gasteiger partial charge in [-0.3, -0.25) is 4.79 Å². The number of aromatic hydroxyl groups is 1. The standard InChI is InChI=1S/C19H30O3/c1-4-7-8-9-10-12-15-13-17(21)19(16(20)11-5-2)18(14-15)22-6-3/h13-14,21H,4-12H2,1-3H3. The van der Waals surface area contributed by atoms with E-state index in [-0.39, 0.29) is 11.5 Å². The summed E-state index contributed by atoms with van der Waals surface area (Å²) >= 11 is 0. The lowest BCUT2D eigenvalue weighted by molar-refractivity contribution is 0.0975. The molecular weight excluding hydrogens is 276 g/mol. The van der Waals surface area contributed by atoms with Crippen molar-refractivity contribution in [3.05, 3.63) is 23.3 Å². The first-order valence-electron chi connectivity index (χ1n) is 8.65. The summed E-state index contributed by atoms with van der Waals surface area (Å²) in [5.74, 6) is 0.551. The summed E-state index contributed by atoms with van der Waals surface area (Å²) in [6.07, 6.45) is 8.20. The fourth-order valence-corrected chi connectivity index (χ4v) is 2.63. The number of phenolic OH excluding ortho intramolecular Hbond substituents is 1. The van der Waals surface area contributed by atoms with Crippen molar-refractivity contribution < 1.29 is 14.6 Å². The third kappa shape index (κ3) is 5.70. The summed E-state index contributed by atoms with van der Waals surface area (Å²) in [6.45, 7) is 6.55. The molecule has 0 saturated carbocycles. The number of carbonyl (C=O) groups excluding carboxylic acids is 1. The quantitative estimate of drug-likeness (QED) is 0.446. The van der Waals surface area contributed by atoms with Crippen molar-refractivity contribution in [2.45, 2.75) is 72.1 Å². The highest BCUT2D eigenvalue weighted by Gasteiger charge is 2.18. The lowest BCUT2D eigenvalue weighted by Gasteiger charge is -2.13. The number of rotatable bonds is 11. The summed E-state index contributed by atoms with van der Waals surface area (Å²) < 4.78 is 5.59. The van der Waals surface area contributed by atoms with Crippen LogP contribution in [-0.4, -0.2) is 17.5 Å². The van der Waals surface area contributed by atoms with Crippen LogP contribution < -0.4 is 4.74 Å². The van der Waals surface area contributed by atoms with E-state index < -0.39 is 0 Å². The van der Waals surface area contributed by atoms with E-state index in [0.717, 1.165) is 24.8 Å². The molecule has 22 heavy (non-hydrogen) atoms. The molecule has 1 rings (SSSR count).